The first kappa shape index (κ1) is 15.9. The molecule has 8 heteroatoms. The fraction of sp³-hybridized carbons (Fsp3) is 0.312. The smallest absolute Gasteiger partial charge is 0.317 e. The molecule has 3 rings (SSSR count). The lowest BCUT2D eigenvalue weighted by Crippen LogP contribution is -2.32. The number of benzene rings is 1. The van der Waals surface area contributed by atoms with Gasteiger partial charge in [0.2, 0.25) is 0 Å². The van der Waals surface area contributed by atoms with Gasteiger partial charge in [0.05, 0.1) is 5.56 Å². The van der Waals surface area contributed by atoms with Crippen LogP contribution >= 0.6 is 0 Å². The molecular weight excluding hydrogens is 310 g/mol. The number of nitrogens with one attached hydrogen (secondary N) is 3. The van der Waals surface area contributed by atoms with Crippen LogP contribution in [0.1, 0.15) is 46.4 Å². The quantitative estimate of drug-likeness (QED) is 0.579. The van der Waals surface area contributed by atoms with Crippen molar-refractivity contribution in [1.29, 1.82) is 0 Å². The number of fused-ring (bicyclic) bond motifs is 1. The highest BCUT2D eigenvalue weighted by Crippen LogP contribution is 2.27. The van der Waals surface area contributed by atoms with Crippen LogP contribution in [0.3, 0.4) is 0 Å². The van der Waals surface area contributed by atoms with Crippen LogP contribution in [0.2, 0.25) is 0 Å². The number of aromatic amines is 1. The predicted octanol–water partition coefficient (Wildman–Crippen LogP) is 1.43. The Bertz CT molecular complexity index is 820. The molecule has 1 aliphatic rings. The van der Waals surface area contributed by atoms with Gasteiger partial charge in [-0.3, -0.25) is 14.9 Å². The predicted molar refractivity (Wildman–Crippen MR) is 89.7 cm³/mol. The normalized spacial score (nSPS) is 14.7. The van der Waals surface area contributed by atoms with Crippen LogP contribution in [-0.2, 0) is 0 Å². The second kappa shape index (κ2) is 6.23. The Morgan fingerprint density at radius 1 is 1.12 bits per heavy atom. The zero-order valence-corrected chi connectivity index (χ0v) is 13.0. The lowest BCUT2D eigenvalue weighted by Gasteiger charge is -2.11. The molecule has 7 N–H and O–H groups in total. The molecule has 24 heavy (non-hydrogen) atoms. The summed E-state index contributed by atoms with van der Waals surface area (Å²) in [6.45, 7) is 0. The molecule has 126 valence electrons. The minimum atomic E-state index is -0.816. The summed E-state index contributed by atoms with van der Waals surface area (Å²) in [6.07, 6.45) is 4.25. The van der Waals surface area contributed by atoms with E-state index >= 15 is 0 Å². The van der Waals surface area contributed by atoms with Crippen molar-refractivity contribution in [2.45, 2.75) is 31.7 Å². The molecule has 1 aromatic carbocycles. The van der Waals surface area contributed by atoms with Crippen LogP contribution in [0, 0.1) is 0 Å². The number of aromatic nitrogens is 1. The third-order valence-corrected chi connectivity index (χ3v) is 4.25. The zero-order valence-electron chi connectivity index (χ0n) is 13.0. The van der Waals surface area contributed by atoms with Gasteiger partial charge in [0.1, 0.15) is 5.82 Å². The number of anilines is 1. The molecule has 0 atom stereocenters. The summed E-state index contributed by atoms with van der Waals surface area (Å²) in [6, 6.07) is 4.27. The summed E-state index contributed by atoms with van der Waals surface area (Å²) < 4.78 is 0. The molecular formula is C16H19N5O3. The molecule has 4 amide bonds. The van der Waals surface area contributed by atoms with Gasteiger partial charge < -0.3 is 21.8 Å². The van der Waals surface area contributed by atoms with E-state index < -0.39 is 11.9 Å². The van der Waals surface area contributed by atoms with Crippen LogP contribution in [0.5, 0.6) is 0 Å². The van der Waals surface area contributed by atoms with E-state index in [-0.39, 0.29) is 23.3 Å². The van der Waals surface area contributed by atoms with Gasteiger partial charge in [-0.25, -0.2) is 4.79 Å². The minimum absolute atomic E-state index is 0.123. The van der Waals surface area contributed by atoms with Crippen LogP contribution in [0.4, 0.5) is 10.6 Å². The molecule has 0 radical (unpaired) electrons. The largest absolute Gasteiger partial charge is 0.365 e. The van der Waals surface area contributed by atoms with Crippen LogP contribution in [-0.4, -0.2) is 28.9 Å². The highest BCUT2D eigenvalue weighted by atomic mass is 16.2. The van der Waals surface area contributed by atoms with Gasteiger partial charge in [-0.05, 0) is 25.0 Å². The number of amides is 4. The van der Waals surface area contributed by atoms with Crippen LogP contribution < -0.4 is 22.1 Å². The molecule has 1 saturated carbocycles. The number of hydrogen-bond acceptors (Lipinski definition) is 3. The molecule has 8 nitrogen and oxygen atoms in total. The maximum atomic E-state index is 12.3. The van der Waals surface area contributed by atoms with Crippen molar-refractivity contribution in [3.05, 3.63) is 29.3 Å². The summed E-state index contributed by atoms with van der Waals surface area (Å²) >= 11 is 0. The van der Waals surface area contributed by atoms with E-state index in [1.54, 1.807) is 18.2 Å². The van der Waals surface area contributed by atoms with Gasteiger partial charge in [0, 0.05) is 22.5 Å². The Morgan fingerprint density at radius 3 is 2.46 bits per heavy atom. The van der Waals surface area contributed by atoms with E-state index in [9.17, 15) is 14.4 Å². The Labute approximate surface area is 138 Å². The fourth-order valence-electron chi connectivity index (χ4n) is 3.15. The fourth-order valence-corrected chi connectivity index (χ4v) is 3.15. The molecule has 0 saturated heterocycles. The first-order valence-corrected chi connectivity index (χ1v) is 7.78. The minimum Gasteiger partial charge on any atom is -0.365 e. The SMILES string of the molecule is NC(=O)Nc1[nH]c2cc(C(=O)NC3CCCC3)ccc2c1C(N)=O. The monoisotopic (exact) mass is 329 g/mol. The topological polar surface area (TPSA) is 143 Å². The van der Waals surface area contributed by atoms with Crippen molar-refractivity contribution in [3.63, 3.8) is 0 Å². The second-order valence-electron chi connectivity index (χ2n) is 5.94. The number of H-pyrrole nitrogens is 1. The number of nitrogens with two attached hydrogens (primary N) is 2. The first-order chi connectivity index (χ1) is 11.5. The third-order valence-electron chi connectivity index (χ3n) is 4.25. The molecule has 0 bridgehead atoms. The number of hydrogen-bond donors (Lipinski definition) is 5. The highest BCUT2D eigenvalue weighted by molar-refractivity contribution is 6.13. The van der Waals surface area contributed by atoms with Gasteiger partial charge in [0.25, 0.3) is 11.8 Å². The van der Waals surface area contributed by atoms with Crippen molar-refractivity contribution < 1.29 is 14.4 Å². The molecule has 0 spiro atoms. The molecule has 2 aromatic rings. The van der Waals surface area contributed by atoms with Crippen molar-refractivity contribution in [2.75, 3.05) is 5.32 Å². The summed E-state index contributed by atoms with van der Waals surface area (Å²) in [4.78, 5) is 37.9. The molecule has 0 aliphatic heterocycles. The van der Waals surface area contributed by atoms with Crippen LogP contribution in [0.15, 0.2) is 18.2 Å². The summed E-state index contributed by atoms with van der Waals surface area (Å²) in [5, 5.41) is 5.85. The van der Waals surface area contributed by atoms with E-state index in [1.165, 1.54) is 0 Å². The number of carbonyl (C=O) groups excluding carboxylic acids is 3. The van der Waals surface area contributed by atoms with E-state index in [1.807, 2.05) is 0 Å². The first-order valence-electron chi connectivity index (χ1n) is 7.78. The third kappa shape index (κ3) is 3.03. The number of urea groups is 1. The Kier molecular flexibility index (Phi) is 4.11. The van der Waals surface area contributed by atoms with Crippen molar-refractivity contribution in [3.8, 4) is 0 Å². The standard InChI is InChI=1S/C16H19N5O3/c17-13(22)12-10-6-5-8(15(23)19-9-3-1-2-4-9)7-11(10)20-14(12)21-16(18)24/h5-7,9,20H,1-4H2,(H2,17,22)(H,19,23)(H3,18,21,24). The molecule has 0 unspecified atom stereocenters. The van der Waals surface area contributed by atoms with E-state index in [0.29, 0.717) is 16.5 Å². The number of carbonyl (C=O) groups is 3. The van der Waals surface area contributed by atoms with Gasteiger partial charge >= 0.3 is 6.03 Å². The molecule has 1 aliphatic carbocycles. The second-order valence-corrected chi connectivity index (χ2v) is 5.94. The lowest BCUT2D eigenvalue weighted by atomic mass is 10.1. The Hall–Kier alpha value is -3.03. The maximum Gasteiger partial charge on any atom is 0.317 e. The lowest BCUT2D eigenvalue weighted by molar-refractivity contribution is 0.0937. The number of primary amides is 2. The Balaban J connectivity index is 1.94. The number of rotatable bonds is 4. The van der Waals surface area contributed by atoms with Gasteiger partial charge in [-0.15, -0.1) is 0 Å². The molecule has 1 aromatic heterocycles. The average Bonchev–Trinajstić information content (AvgIpc) is 3.12. The summed E-state index contributed by atoms with van der Waals surface area (Å²) in [7, 11) is 0. The van der Waals surface area contributed by atoms with Crippen molar-refractivity contribution in [1.82, 2.24) is 10.3 Å². The molecule has 1 heterocycles. The van der Waals surface area contributed by atoms with E-state index in [4.69, 9.17) is 11.5 Å². The average molecular weight is 329 g/mol. The van der Waals surface area contributed by atoms with Gasteiger partial charge in [-0.2, -0.15) is 0 Å². The summed E-state index contributed by atoms with van der Waals surface area (Å²) in [5.74, 6) is -0.741. The maximum absolute atomic E-state index is 12.3. The molecule has 1 fully saturated rings. The van der Waals surface area contributed by atoms with Crippen molar-refractivity contribution >= 4 is 34.6 Å². The summed E-state index contributed by atoms with van der Waals surface area (Å²) in [5.41, 5.74) is 11.6. The van der Waals surface area contributed by atoms with Crippen LogP contribution in [0.25, 0.3) is 10.9 Å². The van der Waals surface area contributed by atoms with Gasteiger partial charge in [0.15, 0.2) is 0 Å². The highest BCUT2D eigenvalue weighted by Gasteiger charge is 2.21. The zero-order chi connectivity index (χ0) is 17.3. The van der Waals surface area contributed by atoms with E-state index in [0.717, 1.165) is 25.7 Å². The van der Waals surface area contributed by atoms with E-state index in [2.05, 4.69) is 15.6 Å². The van der Waals surface area contributed by atoms with Crippen molar-refractivity contribution in [2.24, 2.45) is 11.5 Å². The van der Waals surface area contributed by atoms with Gasteiger partial charge in [-0.1, -0.05) is 18.9 Å². The Morgan fingerprint density at radius 2 is 1.83 bits per heavy atom.